The van der Waals surface area contributed by atoms with Crippen LogP contribution in [0.5, 0.6) is 5.75 Å². The molecule has 7 heteroatoms. The first-order valence-electron chi connectivity index (χ1n) is 8.99. The summed E-state index contributed by atoms with van der Waals surface area (Å²) < 4.78 is 7.70. The highest BCUT2D eigenvalue weighted by Crippen LogP contribution is 2.26. The molecule has 2 aliphatic rings. The van der Waals surface area contributed by atoms with Crippen molar-refractivity contribution in [2.45, 2.75) is 31.8 Å². The SMILES string of the molecule is Cn1cc(N2CCCC(Oc3ccc4c(c3)CCCNC4=O)C2=O)cn1. The molecule has 2 aromatic rings. The molecule has 1 N–H and O–H groups in total. The average molecular weight is 354 g/mol. The summed E-state index contributed by atoms with van der Waals surface area (Å²) >= 11 is 0. The number of benzene rings is 1. The Hall–Kier alpha value is -2.83. The van der Waals surface area contributed by atoms with E-state index in [2.05, 4.69) is 10.4 Å². The van der Waals surface area contributed by atoms with Crippen LogP contribution in [0.2, 0.25) is 0 Å². The lowest BCUT2D eigenvalue weighted by Crippen LogP contribution is -2.46. The normalized spacial score (nSPS) is 20.3. The average Bonchev–Trinajstić information content (AvgIpc) is 2.97. The van der Waals surface area contributed by atoms with Crippen molar-refractivity contribution in [3.05, 3.63) is 41.7 Å². The van der Waals surface area contributed by atoms with Crippen LogP contribution in [0.4, 0.5) is 5.69 Å². The molecule has 0 bridgehead atoms. The molecular weight excluding hydrogens is 332 g/mol. The van der Waals surface area contributed by atoms with Gasteiger partial charge in [-0.3, -0.25) is 14.3 Å². The van der Waals surface area contributed by atoms with E-state index in [1.807, 2.05) is 19.3 Å². The second-order valence-corrected chi connectivity index (χ2v) is 6.79. The Morgan fingerprint density at radius 3 is 2.96 bits per heavy atom. The molecule has 3 heterocycles. The first-order valence-corrected chi connectivity index (χ1v) is 8.99. The molecule has 2 amide bonds. The third kappa shape index (κ3) is 3.16. The third-order valence-corrected chi connectivity index (χ3v) is 4.90. The van der Waals surface area contributed by atoms with E-state index in [0.717, 1.165) is 30.5 Å². The van der Waals surface area contributed by atoms with Gasteiger partial charge < -0.3 is 15.0 Å². The number of nitrogens with zero attached hydrogens (tertiary/aromatic N) is 3. The number of piperidine rings is 1. The fourth-order valence-corrected chi connectivity index (χ4v) is 3.57. The van der Waals surface area contributed by atoms with Gasteiger partial charge in [-0.1, -0.05) is 0 Å². The molecule has 136 valence electrons. The summed E-state index contributed by atoms with van der Waals surface area (Å²) in [4.78, 5) is 26.6. The van der Waals surface area contributed by atoms with Crippen LogP contribution in [0.25, 0.3) is 0 Å². The second-order valence-electron chi connectivity index (χ2n) is 6.79. The van der Waals surface area contributed by atoms with Crippen LogP contribution in [0, 0.1) is 0 Å². The minimum absolute atomic E-state index is 0.0412. The van der Waals surface area contributed by atoms with Crippen LogP contribution < -0.4 is 15.0 Å². The molecule has 0 spiro atoms. The van der Waals surface area contributed by atoms with Gasteiger partial charge in [0.15, 0.2) is 6.10 Å². The fraction of sp³-hybridized carbons (Fsp3) is 0.421. The maximum absolute atomic E-state index is 12.8. The molecule has 4 rings (SSSR count). The van der Waals surface area contributed by atoms with Gasteiger partial charge >= 0.3 is 0 Å². The van der Waals surface area contributed by atoms with Gasteiger partial charge in [-0.2, -0.15) is 5.10 Å². The van der Waals surface area contributed by atoms with E-state index in [0.29, 0.717) is 30.8 Å². The number of rotatable bonds is 3. The van der Waals surface area contributed by atoms with Crippen LogP contribution in [0.1, 0.15) is 35.2 Å². The Bertz CT molecular complexity index is 845. The van der Waals surface area contributed by atoms with Crippen molar-refractivity contribution < 1.29 is 14.3 Å². The number of aromatic nitrogens is 2. The molecule has 0 aliphatic carbocycles. The number of fused-ring (bicyclic) bond motifs is 1. The lowest BCUT2D eigenvalue weighted by molar-refractivity contribution is -0.126. The lowest BCUT2D eigenvalue weighted by atomic mass is 10.0. The van der Waals surface area contributed by atoms with Gasteiger partial charge in [-0.15, -0.1) is 0 Å². The van der Waals surface area contributed by atoms with Crippen molar-refractivity contribution in [1.82, 2.24) is 15.1 Å². The maximum Gasteiger partial charge on any atom is 0.268 e. The van der Waals surface area contributed by atoms with E-state index in [9.17, 15) is 9.59 Å². The third-order valence-electron chi connectivity index (χ3n) is 4.90. The van der Waals surface area contributed by atoms with E-state index >= 15 is 0 Å². The first kappa shape index (κ1) is 16.6. The number of carbonyl (C=O) groups is 2. The molecule has 1 saturated heterocycles. The topological polar surface area (TPSA) is 76.5 Å². The maximum atomic E-state index is 12.8. The molecule has 0 saturated carbocycles. The Morgan fingerprint density at radius 1 is 1.27 bits per heavy atom. The van der Waals surface area contributed by atoms with Crippen LogP contribution in [-0.4, -0.2) is 40.8 Å². The van der Waals surface area contributed by atoms with Gasteiger partial charge in [0.25, 0.3) is 11.8 Å². The van der Waals surface area contributed by atoms with Gasteiger partial charge in [-0.05, 0) is 49.4 Å². The zero-order valence-corrected chi connectivity index (χ0v) is 14.8. The largest absolute Gasteiger partial charge is 0.481 e. The summed E-state index contributed by atoms with van der Waals surface area (Å²) in [5.41, 5.74) is 2.47. The Kier molecular flexibility index (Phi) is 4.36. The Morgan fingerprint density at radius 2 is 2.15 bits per heavy atom. The molecule has 1 fully saturated rings. The van der Waals surface area contributed by atoms with Crippen molar-refractivity contribution >= 4 is 17.5 Å². The van der Waals surface area contributed by atoms with Crippen molar-refractivity contribution in [2.75, 3.05) is 18.0 Å². The summed E-state index contributed by atoms with van der Waals surface area (Å²) in [6, 6.07) is 5.47. The predicted molar refractivity (Wildman–Crippen MR) is 96.3 cm³/mol. The van der Waals surface area contributed by atoms with E-state index in [1.54, 1.807) is 27.9 Å². The van der Waals surface area contributed by atoms with Crippen molar-refractivity contribution in [1.29, 1.82) is 0 Å². The summed E-state index contributed by atoms with van der Waals surface area (Å²) in [7, 11) is 1.83. The minimum atomic E-state index is -0.512. The first-order chi connectivity index (χ1) is 12.6. The number of anilines is 1. The zero-order chi connectivity index (χ0) is 18.1. The van der Waals surface area contributed by atoms with Crippen LogP contribution in [0.15, 0.2) is 30.6 Å². The predicted octanol–water partition coefficient (Wildman–Crippen LogP) is 1.67. The molecule has 0 radical (unpaired) electrons. The fourth-order valence-electron chi connectivity index (χ4n) is 3.57. The highest BCUT2D eigenvalue weighted by Gasteiger charge is 2.32. The quantitative estimate of drug-likeness (QED) is 0.910. The highest BCUT2D eigenvalue weighted by atomic mass is 16.5. The minimum Gasteiger partial charge on any atom is -0.481 e. The monoisotopic (exact) mass is 354 g/mol. The van der Waals surface area contributed by atoms with Crippen LogP contribution in [-0.2, 0) is 18.3 Å². The molecule has 2 aliphatic heterocycles. The standard InChI is InChI=1S/C19H22N4O3/c1-22-12-14(11-21-22)23-9-3-5-17(19(23)25)26-15-6-7-16-13(10-15)4-2-8-20-18(16)24/h6-7,10-12,17H,2-5,8-9H2,1H3,(H,20,24). The second kappa shape index (κ2) is 6.82. The van der Waals surface area contributed by atoms with E-state index in [-0.39, 0.29) is 11.8 Å². The number of hydrogen-bond donors (Lipinski definition) is 1. The molecule has 1 atom stereocenters. The molecule has 1 aromatic heterocycles. The molecule has 1 unspecified atom stereocenters. The summed E-state index contributed by atoms with van der Waals surface area (Å²) in [5.74, 6) is 0.558. The van der Waals surface area contributed by atoms with Crippen molar-refractivity contribution in [3.63, 3.8) is 0 Å². The number of nitrogens with one attached hydrogen (secondary N) is 1. The highest BCUT2D eigenvalue weighted by molar-refractivity contribution is 5.97. The smallest absolute Gasteiger partial charge is 0.268 e. The van der Waals surface area contributed by atoms with E-state index < -0.39 is 6.10 Å². The number of amides is 2. The summed E-state index contributed by atoms with van der Waals surface area (Å²) in [5, 5.41) is 7.03. The number of aryl methyl sites for hydroxylation is 2. The zero-order valence-electron chi connectivity index (χ0n) is 14.8. The number of ether oxygens (including phenoxy) is 1. The number of hydrogen-bond acceptors (Lipinski definition) is 4. The van der Waals surface area contributed by atoms with Gasteiger partial charge in [0.2, 0.25) is 0 Å². The van der Waals surface area contributed by atoms with E-state index in [4.69, 9.17) is 4.74 Å². The summed E-state index contributed by atoms with van der Waals surface area (Å²) in [6.45, 7) is 1.36. The Labute approximate surface area is 151 Å². The molecule has 1 aromatic carbocycles. The van der Waals surface area contributed by atoms with Gasteiger partial charge in [0.1, 0.15) is 5.75 Å². The van der Waals surface area contributed by atoms with Gasteiger partial charge in [0, 0.05) is 31.9 Å². The molecule has 26 heavy (non-hydrogen) atoms. The van der Waals surface area contributed by atoms with Crippen molar-refractivity contribution in [2.24, 2.45) is 7.05 Å². The van der Waals surface area contributed by atoms with Crippen molar-refractivity contribution in [3.8, 4) is 5.75 Å². The van der Waals surface area contributed by atoms with Gasteiger partial charge in [-0.25, -0.2) is 0 Å². The van der Waals surface area contributed by atoms with Gasteiger partial charge in [0.05, 0.1) is 11.9 Å². The number of carbonyl (C=O) groups excluding carboxylic acids is 2. The van der Waals surface area contributed by atoms with Crippen LogP contribution in [0.3, 0.4) is 0 Å². The molecular formula is C19H22N4O3. The van der Waals surface area contributed by atoms with Crippen LogP contribution >= 0.6 is 0 Å². The lowest BCUT2D eigenvalue weighted by Gasteiger charge is -2.31. The summed E-state index contributed by atoms with van der Waals surface area (Å²) in [6.07, 6.45) is 6.31. The Balaban J connectivity index is 1.52. The molecule has 7 nitrogen and oxygen atoms in total. The van der Waals surface area contributed by atoms with E-state index in [1.165, 1.54) is 0 Å².